The molecular weight excluding hydrogens is 160 g/mol. The Hall–Kier alpha value is -0.610. The molecule has 2 rings (SSSR count). The highest BCUT2D eigenvalue weighted by molar-refractivity contribution is 5.76. The topological polar surface area (TPSA) is 66.8 Å². The lowest BCUT2D eigenvalue weighted by Crippen LogP contribution is -2.50. The number of cyclic esters (lactones) is 1. The molecule has 0 aromatic heterocycles. The van der Waals surface area contributed by atoms with Crippen molar-refractivity contribution in [1.82, 2.24) is 0 Å². The summed E-state index contributed by atoms with van der Waals surface area (Å²) in [5, 5.41) is 17.9. The zero-order valence-electron chi connectivity index (χ0n) is 6.64. The van der Waals surface area contributed by atoms with Crippen molar-refractivity contribution in [3.8, 4) is 0 Å². The average Bonchev–Trinajstić information content (AvgIpc) is 2.31. The van der Waals surface area contributed by atoms with Crippen molar-refractivity contribution in [3.63, 3.8) is 0 Å². The highest BCUT2D eigenvalue weighted by Gasteiger charge is 2.57. The Kier molecular flexibility index (Phi) is 1.81. The van der Waals surface area contributed by atoms with Gasteiger partial charge in [-0.2, -0.15) is 0 Å². The molecule has 0 aromatic carbocycles. The van der Waals surface area contributed by atoms with Crippen LogP contribution in [0.5, 0.6) is 0 Å². The summed E-state index contributed by atoms with van der Waals surface area (Å²) < 4.78 is 4.84. The van der Waals surface area contributed by atoms with E-state index in [1.54, 1.807) is 0 Å². The van der Waals surface area contributed by atoms with Crippen molar-refractivity contribution in [2.24, 2.45) is 23.7 Å². The van der Waals surface area contributed by atoms with Crippen LogP contribution in [0.3, 0.4) is 0 Å². The lowest BCUT2D eigenvalue weighted by Gasteiger charge is -2.43. The maximum atomic E-state index is 11.1. The third-order valence-electron chi connectivity index (χ3n) is 3.13. The van der Waals surface area contributed by atoms with Gasteiger partial charge in [-0.05, 0) is 5.92 Å². The summed E-state index contributed by atoms with van der Waals surface area (Å²) >= 11 is 0. The summed E-state index contributed by atoms with van der Waals surface area (Å²) in [5.74, 6) is -0.211. The van der Waals surface area contributed by atoms with E-state index in [0.717, 1.165) is 0 Å². The molecule has 12 heavy (non-hydrogen) atoms. The van der Waals surface area contributed by atoms with Gasteiger partial charge in [0.15, 0.2) is 0 Å². The number of ether oxygens (including phenoxy) is 1. The number of hydrogen-bond donors (Lipinski definition) is 2. The SMILES string of the molecule is O=C1OC[C@H]2[C@H](CO)[C@H](CO)[C@@H]12. The molecule has 1 saturated heterocycles. The van der Waals surface area contributed by atoms with Crippen LogP contribution in [0.4, 0.5) is 0 Å². The maximum Gasteiger partial charge on any atom is 0.309 e. The molecule has 2 aliphatic rings. The van der Waals surface area contributed by atoms with E-state index in [2.05, 4.69) is 0 Å². The summed E-state index contributed by atoms with van der Waals surface area (Å²) in [4.78, 5) is 11.1. The molecule has 2 N–H and O–H groups in total. The van der Waals surface area contributed by atoms with Gasteiger partial charge in [0.25, 0.3) is 0 Å². The van der Waals surface area contributed by atoms with Gasteiger partial charge in [-0.15, -0.1) is 0 Å². The largest absolute Gasteiger partial charge is 0.465 e. The molecule has 1 aliphatic heterocycles. The van der Waals surface area contributed by atoms with Crippen LogP contribution in [0.25, 0.3) is 0 Å². The Bertz CT molecular complexity index is 203. The third-order valence-corrected chi connectivity index (χ3v) is 3.13. The summed E-state index contributed by atoms with van der Waals surface area (Å²) in [6.45, 7) is 0.440. The fourth-order valence-electron chi connectivity index (χ4n) is 2.39. The van der Waals surface area contributed by atoms with Crippen LogP contribution in [-0.2, 0) is 9.53 Å². The van der Waals surface area contributed by atoms with E-state index in [-0.39, 0.29) is 42.9 Å². The first-order valence-electron chi connectivity index (χ1n) is 4.18. The predicted molar refractivity (Wildman–Crippen MR) is 39.1 cm³/mol. The molecular formula is C8H12O4. The molecule has 0 aromatic rings. The van der Waals surface area contributed by atoms with Gasteiger partial charge in [0.1, 0.15) is 0 Å². The normalized spacial score (nSPS) is 45.0. The summed E-state index contributed by atoms with van der Waals surface area (Å²) in [6, 6.07) is 0. The van der Waals surface area contributed by atoms with Gasteiger partial charge in [0, 0.05) is 25.0 Å². The molecule has 1 saturated carbocycles. The van der Waals surface area contributed by atoms with Gasteiger partial charge in [-0.1, -0.05) is 0 Å². The van der Waals surface area contributed by atoms with E-state index in [0.29, 0.717) is 6.61 Å². The van der Waals surface area contributed by atoms with Crippen molar-refractivity contribution in [2.75, 3.05) is 19.8 Å². The molecule has 4 nitrogen and oxygen atoms in total. The number of fused-ring (bicyclic) bond motifs is 1. The van der Waals surface area contributed by atoms with E-state index in [1.165, 1.54) is 0 Å². The highest BCUT2D eigenvalue weighted by atomic mass is 16.5. The minimum atomic E-state index is -0.205. The molecule has 0 bridgehead atoms. The zero-order chi connectivity index (χ0) is 8.72. The van der Waals surface area contributed by atoms with Crippen LogP contribution >= 0.6 is 0 Å². The molecule has 0 radical (unpaired) electrons. The van der Waals surface area contributed by atoms with E-state index in [4.69, 9.17) is 14.9 Å². The van der Waals surface area contributed by atoms with E-state index >= 15 is 0 Å². The Morgan fingerprint density at radius 2 is 2.00 bits per heavy atom. The Morgan fingerprint density at radius 1 is 1.33 bits per heavy atom. The third kappa shape index (κ3) is 0.820. The fourth-order valence-corrected chi connectivity index (χ4v) is 2.39. The smallest absolute Gasteiger partial charge is 0.309 e. The molecule has 2 fully saturated rings. The molecule has 4 heteroatoms. The highest BCUT2D eigenvalue weighted by Crippen LogP contribution is 2.49. The average molecular weight is 172 g/mol. The van der Waals surface area contributed by atoms with Crippen LogP contribution in [0, 0.1) is 23.7 Å². The Morgan fingerprint density at radius 3 is 2.58 bits per heavy atom. The van der Waals surface area contributed by atoms with Crippen molar-refractivity contribution in [2.45, 2.75) is 0 Å². The predicted octanol–water partition coefficient (Wildman–Crippen LogP) is -0.994. The second-order valence-corrected chi connectivity index (χ2v) is 3.51. The molecule has 0 spiro atoms. The van der Waals surface area contributed by atoms with E-state index in [9.17, 15) is 4.79 Å². The van der Waals surface area contributed by atoms with Gasteiger partial charge in [0.2, 0.25) is 0 Å². The first kappa shape index (κ1) is 8.01. The number of aliphatic hydroxyl groups excluding tert-OH is 2. The number of carbonyl (C=O) groups is 1. The number of aliphatic hydroxyl groups is 2. The Labute approximate surface area is 70.1 Å². The first-order chi connectivity index (χ1) is 5.79. The van der Waals surface area contributed by atoms with Crippen LogP contribution in [0.2, 0.25) is 0 Å². The monoisotopic (exact) mass is 172 g/mol. The molecule has 68 valence electrons. The lowest BCUT2D eigenvalue weighted by molar-refractivity contribution is -0.148. The quantitative estimate of drug-likeness (QED) is 0.525. The molecule has 4 atom stereocenters. The standard InChI is InChI=1S/C8H12O4/c9-1-4-5(2-10)7-6(4)3-12-8(7)11/h4-7,9-10H,1-3H2/t4-,5+,6+,7-/m1/s1. The van der Waals surface area contributed by atoms with Gasteiger partial charge >= 0.3 is 5.97 Å². The van der Waals surface area contributed by atoms with Crippen molar-refractivity contribution < 1.29 is 19.7 Å². The van der Waals surface area contributed by atoms with E-state index < -0.39 is 0 Å². The molecule has 0 amide bonds. The first-order valence-corrected chi connectivity index (χ1v) is 4.18. The number of rotatable bonds is 2. The second kappa shape index (κ2) is 2.71. The van der Waals surface area contributed by atoms with Crippen molar-refractivity contribution >= 4 is 5.97 Å². The summed E-state index contributed by atoms with van der Waals surface area (Å²) in [6.07, 6.45) is 0. The van der Waals surface area contributed by atoms with E-state index in [1.807, 2.05) is 0 Å². The Balaban J connectivity index is 2.09. The lowest BCUT2D eigenvalue weighted by atomic mass is 9.58. The van der Waals surface area contributed by atoms with Gasteiger partial charge < -0.3 is 14.9 Å². The van der Waals surface area contributed by atoms with Crippen LogP contribution in [-0.4, -0.2) is 36.0 Å². The number of hydrogen-bond acceptors (Lipinski definition) is 4. The molecule has 1 aliphatic carbocycles. The molecule has 1 heterocycles. The fraction of sp³-hybridized carbons (Fsp3) is 0.875. The zero-order valence-corrected chi connectivity index (χ0v) is 6.64. The van der Waals surface area contributed by atoms with Crippen LogP contribution < -0.4 is 0 Å². The van der Waals surface area contributed by atoms with Crippen LogP contribution in [0.1, 0.15) is 0 Å². The van der Waals surface area contributed by atoms with Gasteiger partial charge in [-0.25, -0.2) is 0 Å². The molecule has 0 unspecified atom stereocenters. The van der Waals surface area contributed by atoms with Crippen LogP contribution in [0.15, 0.2) is 0 Å². The number of esters is 1. The minimum absolute atomic E-state index is 0.0263. The summed E-state index contributed by atoms with van der Waals surface area (Å²) in [7, 11) is 0. The van der Waals surface area contributed by atoms with Gasteiger partial charge in [-0.3, -0.25) is 4.79 Å². The number of carbonyl (C=O) groups excluding carboxylic acids is 1. The second-order valence-electron chi connectivity index (χ2n) is 3.51. The minimum Gasteiger partial charge on any atom is -0.465 e. The van der Waals surface area contributed by atoms with Crippen molar-refractivity contribution in [3.05, 3.63) is 0 Å². The van der Waals surface area contributed by atoms with Crippen molar-refractivity contribution in [1.29, 1.82) is 0 Å². The van der Waals surface area contributed by atoms with Gasteiger partial charge in [0.05, 0.1) is 12.5 Å². The maximum absolute atomic E-state index is 11.1. The summed E-state index contributed by atoms with van der Waals surface area (Å²) in [5.41, 5.74) is 0.